The summed E-state index contributed by atoms with van der Waals surface area (Å²) in [7, 11) is 0. The van der Waals surface area contributed by atoms with Gasteiger partial charge in [0, 0.05) is 17.7 Å². The molecule has 112 valence electrons. The van der Waals surface area contributed by atoms with E-state index in [0.717, 1.165) is 31.7 Å². The molecule has 1 aliphatic rings. The molecule has 2 atom stereocenters. The van der Waals surface area contributed by atoms with Crippen molar-refractivity contribution >= 4 is 0 Å². The number of nitrogens with zero attached hydrogens (tertiary/aromatic N) is 2. The number of halogens is 2. The highest BCUT2D eigenvalue weighted by atomic mass is 19.1. The molecule has 3 rings (SSSR count). The first-order valence-electron chi connectivity index (χ1n) is 7.05. The van der Waals surface area contributed by atoms with Crippen molar-refractivity contribution in [2.75, 3.05) is 0 Å². The number of benzene rings is 1. The van der Waals surface area contributed by atoms with E-state index in [-0.39, 0.29) is 22.8 Å². The number of hydrogen-bond donors (Lipinski definition) is 1. The van der Waals surface area contributed by atoms with Crippen LogP contribution >= 0.6 is 0 Å². The summed E-state index contributed by atoms with van der Waals surface area (Å²) in [6, 6.07) is 3.12. The maximum atomic E-state index is 13.3. The van der Waals surface area contributed by atoms with Crippen molar-refractivity contribution in [2.24, 2.45) is 5.73 Å². The van der Waals surface area contributed by atoms with Crippen LogP contribution < -0.4 is 5.73 Å². The van der Waals surface area contributed by atoms with E-state index in [9.17, 15) is 8.78 Å². The fourth-order valence-corrected chi connectivity index (χ4v) is 2.88. The topological polar surface area (TPSA) is 64.9 Å². The highest BCUT2D eigenvalue weighted by Crippen LogP contribution is 2.38. The molecule has 6 heteroatoms. The van der Waals surface area contributed by atoms with Crippen LogP contribution in [-0.2, 0) is 5.41 Å². The number of nitrogens with two attached hydrogens (primary N) is 1. The summed E-state index contributed by atoms with van der Waals surface area (Å²) in [5, 5.41) is 3.85. The standard InChI is InChI=1S/C15H17F2N3O/c1-15(5-3-2-4-12(15)18)14-19-13(20-21-14)9-6-10(16)8-11(17)7-9/h6-8,12H,2-5,18H2,1H3. The van der Waals surface area contributed by atoms with Gasteiger partial charge in [-0.1, -0.05) is 18.0 Å². The van der Waals surface area contributed by atoms with Gasteiger partial charge in [0.25, 0.3) is 0 Å². The summed E-state index contributed by atoms with van der Waals surface area (Å²) in [4.78, 5) is 4.32. The maximum absolute atomic E-state index is 13.3. The Hall–Kier alpha value is -1.82. The molecule has 1 fully saturated rings. The third-order valence-electron chi connectivity index (χ3n) is 4.31. The molecule has 21 heavy (non-hydrogen) atoms. The van der Waals surface area contributed by atoms with Crippen molar-refractivity contribution < 1.29 is 13.3 Å². The van der Waals surface area contributed by atoms with Gasteiger partial charge in [-0.3, -0.25) is 0 Å². The Kier molecular flexibility index (Phi) is 3.49. The van der Waals surface area contributed by atoms with Crippen molar-refractivity contribution in [1.82, 2.24) is 10.1 Å². The zero-order chi connectivity index (χ0) is 15.0. The van der Waals surface area contributed by atoms with Gasteiger partial charge >= 0.3 is 0 Å². The maximum Gasteiger partial charge on any atom is 0.234 e. The van der Waals surface area contributed by atoms with Crippen molar-refractivity contribution in [2.45, 2.75) is 44.1 Å². The molecule has 2 N–H and O–H groups in total. The summed E-state index contributed by atoms with van der Waals surface area (Å²) in [5.41, 5.74) is 6.07. The third-order valence-corrected chi connectivity index (χ3v) is 4.31. The van der Waals surface area contributed by atoms with E-state index >= 15 is 0 Å². The Morgan fingerprint density at radius 2 is 1.95 bits per heavy atom. The highest BCUT2D eigenvalue weighted by molar-refractivity contribution is 5.54. The van der Waals surface area contributed by atoms with Gasteiger partial charge in [0.05, 0.1) is 5.41 Å². The Balaban J connectivity index is 1.96. The lowest BCUT2D eigenvalue weighted by Gasteiger charge is -2.35. The minimum Gasteiger partial charge on any atom is -0.338 e. The molecule has 2 unspecified atom stereocenters. The molecular formula is C15H17F2N3O. The number of rotatable bonds is 2. The second-order valence-corrected chi connectivity index (χ2v) is 5.85. The molecule has 1 saturated carbocycles. The van der Waals surface area contributed by atoms with Gasteiger partial charge in [0.2, 0.25) is 11.7 Å². The van der Waals surface area contributed by atoms with Gasteiger partial charge < -0.3 is 10.3 Å². The molecule has 0 spiro atoms. The SMILES string of the molecule is CC1(c2nc(-c3cc(F)cc(F)c3)no2)CCCCC1N. The molecule has 0 aliphatic heterocycles. The van der Waals surface area contributed by atoms with Gasteiger partial charge in [-0.25, -0.2) is 8.78 Å². The Labute approximate surface area is 121 Å². The minimum absolute atomic E-state index is 0.0520. The molecule has 0 saturated heterocycles. The number of hydrogen-bond acceptors (Lipinski definition) is 4. The van der Waals surface area contributed by atoms with Gasteiger partial charge in [-0.15, -0.1) is 0 Å². The fourth-order valence-electron chi connectivity index (χ4n) is 2.88. The number of aromatic nitrogens is 2. The van der Waals surface area contributed by atoms with E-state index in [1.165, 1.54) is 12.1 Å². The summed E-state index contributed by atoms with van der Waals surface area (Å²) >= 11 is 0. The zero-order valence-corrected chi connectivity index (χ0v) is 11.8. The molecule has 2 aromatic rings. The molecule has 1 aromatic heterocycles. The van der Waals surface area contributed by atoms with Crippen LogP contribution in [0.3, 0.4) is 0 Å². The Morgan fingerprint density at radius 1 is 1.24 bits per heavy atom. The summed E-state index contributed by atoms with van der Waals surface area (Å²) in [6.07, 6.45) is 3.92. The monoisotopic (exact) mass is 293 g/mol. The van der Waals surface area contributed by atoms with E-state index < -0.39 is 11.6 Å². The van der Waals surface area contributed by atoms with Crippen LogP contribution in [0.5, 0.6) is 0 Å². The first-order valence-corrected chi connectivity index (χ1v) is 7.05. The molecule has 1 aromatic carbocycles. The molecule has 1 heterocycles. The predicted molar refractivity (Wildman–Crippen MR) is 73.4 cm³/mol. The average Bonchev–Trinajstić information content (AvgIpc) is 2.91. The molecular weight excluding hydrogens is 276 g/mol. The second kappa shape index (κ2) is 5.18. The summed E-state index contributed by atoms with van der Waals surface area (Å²) in [5.74, 6) is -0.717. The first-order chi connectivity index (χ1) is 9.99. The van der Waals surface area contributed by atoms with Gasteiger partial charge in [0.15, 0.2) is 0 Å². The smallest absolute Gasteiger partial charge is 0.234 e. The van der Waals surface area contributed by atoms with Crippen LogP contribution in [-0.4, -0.2) is 16.2 Å². The molecule has 1 aliphatic carbocycles. The normalized spacial score (nSPS) is 26.0. The lowest BCUT2D eigenvalue weighted by molar-refractivity contribution is 0.203. The first kappa shape index (κ1) is 14.1. The lowest BCUT2D eigenvalue weighted by atomic mass is 9.72. The quantitative estimate of drug-likeness (QED) is 0.923. The molecule has 0 bridgehead atoms. The van der Waals surface area contributed by atoms with E-state index in [4.69, 9.17) is 10.3 Å². The van der Waals surface area contributed by atoms with Crippen LogP contribution in [0.2, 0.25) is 0 Å². The van der Waals surface area contributed by atoms with Gasteiger partial charge in [-0.2, -0.15) is 4.98 Å². The average molecular weight is 293 g/mol. The van der Waals surface area contributed by atoms with Crippen molar-refractivity contribution in [3.8, 4) is 11.4 Å². The van der Waals surface area contributed by atoms with Crippen molar-refractivity contribution in [3.63, 3.8) is 0 Å². The highest BCUT2D eigenvalue weighted by Gasteiger charge is 2.40. The van der Waals surface area contributed by atoms with Crippen molar-refractivity contribution in [3.05, 3.63) is 35.7 Å². The van der Waals surface area contributed by atoms with Crippen LogP contribution in [0.25, 0.3) is 11.4 Å². The van der Waals surface area contributed by atoms with E-state index in [1.54, 1.807) is 0 Å². The van der Waals surface area contributed by atoms with Crippen LogP contribution in [0.4, 0.5) is 8.78 Å². The summed E-state index contributed by atoms with van der Waals surface area (Å²) in [6.45, 7) is 2.00. The second-order valence-electron chi connectivity index (χ2n) is 5.85. The van der Waals surface area contributed by atoms with E-state index in [0.29, 0.717) is 5.89 Å². The van der Waals surface area contributed by atoms with Crippen molar-refractivity contribution in [1.29, 1.82) is 0 Å². The van der Waals surface area contributed by atoms with Crippen LogP contribution in [0.1, 0.15) is 38.5 Å². The van der Waals surface area contributed by atoms with Crippen LogP contribution in [0, 0.1) is 11.6 Å². The third kappa shape index (κ3) is 2.55. The molecule has 4 nitrogen and oxygen atoms in total. The van der Waals surface area contributed by atoms with Gasteiger partial charge in [-0.05, 0) is 31.9 Å². The largest absolute Gasteiger partial charge is 0.338 e. The Morgan fingerprint density at radius 3 is 2.62 bits per heavy atom. The predicted octanol–water partition coefficient (Wildman–Crippen LogP) is 3.17. The van der Waals surface area contributed by atoms with Crippen LogP contribution in [0.15, 0.2) is 22.7 Å². The summed E-state index contributed by atoms with van der Waals surface area (Å²) < 4.78 is 31.9. The Bertz CT molecular complexity index is 638. The van der Waals surface area contributed by atoms with E-state index in [2.05, 4.69) is 10.1 Å². The zero-order valence-electron chi connectivity index (χ0n) is 11.8. The minimum atomic E-state index is -0.670. The van der Waals surface area contributed by atoms with E-state index in [1.807, 2.05) is 6.92 Å². The molecule has 0 radical (unpaired) electrons. The fraction of sp³-hybridized carbons (Fsp3) is 0.467. The van der Waals surface area contributed by atoms with Gasteiger partial charge in [0.1, 0.15) is 11.6 Å². The lowest BCUT2D eigenvalue weighted by Crippen LogP contribution is -2.45. The molecule has 0 amide bonds.